The van der Waals surface area contributed by atoms with Crippen LogP contribution in [0.15, 0.2) is 18.2 Å². The molecular weight excluding hydrogens is 205 g/mol. The van der Waals surface area contributed by atoms with E-state index in [-0.39, 0.29) is 17.3 Å². The van der Waals surface area contributed by atoms with Gasteiger partial charge in [0.15, 0.2) is 5.78 Å². The number of hydrogen-bond acceptors (Lipinski definition) is 2. The summed E-state index contributed by atoms with van der Waals surface area (Å²) in [5, 5.41) is 0. The molecule has 2 nitrogen and oxygen atoms in total. The molecule has 1 saturated carbocycles. The van der Waals surface area contributed by atoms with Crippen LogP contribution in [0.2, 0.25) is 0 Å². The van der Waals surface area contributed by atoms with Crippen molar-refractivity contribution in [2.75, 3.05) is 0 Å². The largest absolute Gasteiger partial charge is 0.319 e. The van der Waals surface area contributed by atoms with Gasteiger partial charge in [0.1, 0.15) is 5.82 Å². The van der Waals surface area contributed by atoms with Gasteiger partial charge in [0, 0.05) is 0 Å². The van der Waals surface area contributed by atoms with Gasteiger partial charge in [-0.1, -0.05) is 11.6 Å². The van der Waals surface area contributed by atoms with Crippen molar-refractivity contribution in [2.45, 2.75) is 32.2 Å². The molecule has 0 radical (unpaired) electrons. The molecule has 1 aromatic carbocycles. The molecule has 0 bridgehead atoms. The molecule has 86 valence electrons. The molecule has 1 unspecified atom stereocenters. The van der Waals surface area contributed by atoms with Crippen LogP contribution in [0.3, 0.4) is 0 Å². The van der Waals surface area contributed by atoms with Gasteiger partial charge in [-0.25, -0.2) is 4.39 Å². The van der Waals surface area contributed by atoms with Crippen LogP contribution in [0, 0.1) is 18.7 Å². The number of carbonyl (C=O) groups excluding carboxylic acids is 1. The van der Waals surface area contributed by atoms with Gasteiger partial charge in [0.25, 0.3) is 0 Å². The summed E-state index contributed by atoms with van der Waals surface area (Å²) in [6, 6.07) is 4.55. The normalized spacial score (nSPS) is 19.2. The minimum Gasteiger partial charge on any atom is -0.319 e. The number of benzene rings is 1. The minimum absolute atomic E-state index is 0.122. The van der Waals surface area contributed by atoms with E-state index in [1.54, 1.807) is 19.1 Å². The van der Waals surface area contributed by atoms with Crippen molar-refractivity contribution in [3.05, 3.63) is 35.1 Å². The van der Waals surface area contributed by atoms with Gasteiger partial charge in [-0.3, -0.25) is 4.79 Å². The summed E-state index contributed by atoms with van der Waals surface area (Å²) in [7, 11) is 0. The maximum absolute atomic E-state index is 13.6. The van der Waals surface area contributed by atoms with E-state index in [9.17, 15) is 9.18 Å². The smallest absolute Gasteiger partial charge is 0.185 e. The first-order chi connectivity index (χ1) is 7.43. The van der Waals surface area contributed by atoms with Crippen LogP contribution in [0.5, 0.6) is 0 Å². The van der Waals surface area contributed by atoms with E-state index in [2.05, 4.69) is 0 Å². The van der Waals surface area contributed by atoms with E-state index in [1.807, 2.05) is 6.92 Å². The fraction of sp³-hybridized carbons (Fsp3) is 0.462. The molecule has 1 fully saturated rings. The fourth-order valence-electron chi connectivity index (χ4n) is 1.97. The number of aryl methyl sites for hydroxylation is 1. The summed E-state index contributed by atoms with van der Waals surface area (Å²) in [4.78, 5) is 12.2. The molecule has 2 rings (SSSR count). The predicted molar refractivity (Wildman–Crippen MR) is 60.8 cm³/mol. The third-order valence-corrected chi connectivity index (χ3v) is 3.28. The van der Waals surface area contributed by atoms with Crippen molar-refractivity contribution in [3.63, 3.8) is 0 Å². The van der Waals surface area contributed by atoms with E-state index in [1.165, 1.54) is 6.07 Å². The zero-order valence-electron chi connectivity index (χ0n) is 9.59. The quantitative estimate of drug-likeness (QED) is 0.797. The molecular formula is C13H16FNO. The Morgan fingerprint density at radius 3 is 2.69 bits per heavy atom. The Bertz CT molecular complexity index is 436. The molecule has 1 aromatic rings. The highest BCUT2D eigenvalue weighted by Crippen LogP contribution is 2.39. The summed E-state index contributed by atoms with van der Waals surface area (Å²) in [6.07, 6.45) is 1.93. The highest BCUT2D eigenvalue weighted by Gasteiger charge is 2.44. The Hall–Kier alpha value is -1.22. The standard InChI is InChI=1S/C13H16FNO/c1-8-3-6-11(14)10(7-8)12(16)13(2,15)9-4-5-9/h3,6-7,9H,4-5,15H2,1-2H3. The predicted octanol–water partition coefficient (Wildman–Crippen LogP) is 2.44. The first kappa shape index (κ1) is 11.3. The summed E-state index contributed by atoms with van der Waals surface area (Å²) < 4.78 is 13.6. The molecule has 2 N–H and O–H groups in total. The third kappa shape index (κ3) is 1.87. The van der Waals surface area contributed by atoms with Crippen molar-refractivity contribution in [1.29, 1.82) is 0 Å². The number of nitrogens with two attached hydrogens (primary N) is 1. The monoisotopic (exact) mass is 221 g/mol. The number of Topliss-reactive ketones (excluding diaryl/α,β-unsaturated/α-hetero) is 1. The van der Waals surface area contributed by atoms with E-state index in [0.29, 0.717) is 0 Å². The van der Waals surface area contributed by atoms with Gasteiger partial charge >= 0.3 is 0 Å². The molecule has 0 heterocycles. The molecule has 0 spiro atoms. The van der Waals surface area contributed by atoms with Crippen molar-refractivity contribution in [1.82, 2.24) is 0 Å². The Morgan fingerprint density at radius 1 is 1.50 bits per heavy atom. The lowest BCUT2D eigenvalue weighted by molar-refractivity contribution is 0.0879. The molecule has 1 aliphatic carbocycles. The lowest BCUT2D eigenvalue weighted by atomic mass is 9.87. The number of rotatable bonds is 3. The first-order valence-corrected chi connectivity index (χ1v) is 5.52. The zero-order chi connectivity index (χ0) is 11.9. The molecule has 0 saturated heterocycles. The highest BCUT2D eigenvalue weighted by atomic mass is 19.1. The second-order valence-corrected chi connectivity index (χ2v) is 4.87. The van der Waals surface area contributed by atoms with E-state index in [0.717, 1.165) is 18.4 Å². The van der Waals surface area contributed by atoms with Crippen LogP contribution in [-0.4, -0.2) is 11.3 Å². The maximum atomic E-state index is 13.6. The number of hydrogen-bond donors (Lipinski definition) is 1. The lowest BCUT2D eigenvalue weighted by Gasteiger charge is -2.23. The second-order valence-electron chi connectivity index (χ2n) is 4.87. The van der Waals surface area contributed by atoms with Gasteiger partial charge in [-0.15, -0.1) is 0 Å². The first-order valence-electron chi connectivity index (χ1n) is 5.52. The third-order valence-electron chi connectivity index (χ3n) is 3.28. The van der Waals surface area contributed by atoms with Crippen LogP contribution in [-0.2, 0) is 0 Å². The molecule has 0 aliphatic heterocycles. The van der Waals surface area contributed by atoms with Gasteiger partial charge in [0.2, 0.25) is 0 Å². The SMILES string of the molecule is Cc1ccc(F)c(C(=O)C(C)(N)C2CC2)c1. The summed E-state index contributed by atoms with van der Waals surface area (Å²) in [6.45, 7) is 3.54. The second kappa shape index (κ2) is 3.67. The molecule has 16 heavy (non-hydrogen) atoms. The van der Waals surface area contributed by atoms with Gasteiger partial charge in [0.05, 0.1) is 11.1 Å². The fourth-order valence-corrected chi connectivity index (χ4v) is 1.97. The van der Waals surface area contributed by atoms with Gasteiger partial charge in [-0.2, -0.15) is 0 Å². The number of carbonyl (C=O) groups is 1. The van der Waals surface area contributed by atoms with Crippen molar-refractivity contribution < 1.29 is 9.18 Å². The molecule has 3 heteroatoms. The zero-order valence-corrected chi connectivity index (χ0v) is 9.59. The number of halogens is 1. The maximum Gasteiger partial charge on any atom is 0.185 e. The van der Waals surface area contributed by atoms with Crippen molar-refractivity contribution in [2.24, 2.45) is 11.7 Å². The average Bonchev–Trinajstić information content (AvgIpc) is 3.04. The van der Waals surface area contributed by atoms with Crippen LogP contribution in [0.4, 0.5) is 4.39 Å². The Kier molecular flexibility index (Phi) is 2.58. The van der Waals surface area contributed by atoms with Crippen LogP contribution < -0.4 is 5.73 Å². The van der Waals surface area contributed by atoms with E-state index < -0.39 is 11.4 Å². The number of ketones is 1. The molecule has 0 aromatic heterocycles. The minimum atomic E-state index is -0.922. The van der Waals surface area contributed by atoms with E-state index >= 15 is 0 Å². The lowest BCUT2D eigenvalue weighted by Crippen LogP contribution is -2.47. The summed E-state index contributed by atoms with van der Waals surface area (Å²) in [5.41, 5.74) is 6.07. The van der Waals surface area contributed by atoms with Crippen LogP contribution in [0.1, 0.15) is 35.7 Å². The summed E-state index contributed by atoms with van der Waals surface area (Å²) in [5.74, 6) is -0.552. The van der Waals surface area contributed by atoms with Gasteiger partial charge in [-0.05, 0) is 44.7 Å². The highest BCUT2D eigenvalue weighted by molar-refractivity contribution is 6.03. The average molecular weight is 221 g/mol. The Labute approximate surface area is 94.6 Å². The van der Waals surface area contributed by atoms with E-state index in [4.69, 9.17) is 5.73 Å². The van der Waals surface area contributed by atoms with Crippen molar-refractivity contribution in [3.8, 4) is 0 Å². The molecule has 1 aliphatic rings. The molecule has 0 amide bonds. The van der Waals surface area contributed by atoms with Crippen LogP contribution >= 0.6 is 0 Å². The van der Waals surface area contributed by atoms with Crippen LogP contribution in [0.25, 0.3) is 0 Å². The van der Waals surface area contributed by atoms with Gasteiger partial charge < -0.3 is 5.73 Å². The molecule has 1 atom stereocenters. The summed E-state index contributed by atoms with van der Waals surface area (Å²) >= 11 is 0. The Balaban J connectivity index is 2.36. The van der Waals surface area contributed by atoms with Crippen molar-refractivity contribution >= 4 is 5.78 Å². The topological polar surface area (TPSA) is 43.1 Å². The Morgan fingerprint density at radius 2 is 2.12 bits per heavy atom.